The lowest BCUT2D eigenvalue weighted by Gasteiger charge is -2.15. The van der Waals surface area contributed by atoms with Crippen LogP contribution in [0.5, 0.6) is 0 Å². The van der Waals surface area contributed by atoms with Crippen molar-refractivity contribution in [1.82, 2.24) is 14.7 Å². The van der Waals surface area contributed by atoms with Gasteiger partial charge >= 0.3 is 6.03 Å². The predicted octanol–water partition coefficient (Wildman–Crippen LogP) is 2.43. The maximum atomic E-state index is 12.1. The van der Waals surface area contributed by atoms with Crippen LogP contribution < -0.4 is 5.32 Å². The molecule has 116 valence electrons. The van der Waals surface area contributed by atoms with E-state index in [1.807, 2.05) is 19.1 Å². The van der Waals surface area contributed by atoms with Crippen LogP contribution >= 0.6 is 11.6 Å². The number of β-amino-alcohol motifs (C(OH)–C–C–N with tert-alkyl or cyclic N) is 1. The monoisotopic (exact) mass is 320 g/mol. The van der Waals surface area contributed by atoms with Crippen molar-refractivity contribution in [2.45, 2.75) is 19.4 Å². The smallest absolute Gasteiger partial charge is 0.323 e. The summed E-state index contributed by atoms with van der Waals surface area (Å²) < 4.78 is 1.74. The first kappa shape index (κ1) is 14.9. The number of anilines is 1. The van der Waals surface area contributed by atoms with Crippen molar-refractivity contribution in [3.05, 3.63) is 41.0 Å². The van der Waals surface area contributed by atoms with E-state index in [1.54, 1.807) is 27.8 Å². The number of carbonyl (C=O) groups excluding carboxylic acids is 1. The van der Waals surface area contributed by atoms with E-state index in [9.17, 15) is 9.90 Å². The first-order valence-electron chi connectivity index (χ1n) is 7.09. The molecular formula is C15H17ClN4O2. The van der Waals surface area contributed by atoms with Crippen LogP contribution in [0.1, 0.15) is 12.1 Å². The van der Waals surface area contributed by atoms with Gasteiger partial charge in [-0.2, -0.15) is 0 Å². The van der Waals surface area contributed by atoms with Crippen molar-refractivity contribution in [3.63, 3.8) is 0 Å². The third-order valence-corrected chi connectivity index (χ3v) is 3.90. The first-order valence-corrected chi connectivity index (χ1v) is 7.47. The fourth-order valence-corrected chi connectivity index (χ4v) is 2.62. The third-order valence-electron chi connectivity index (χ3n) is 3.64. The summed E-state index contributed by atoms with van der Waals surface area (Å²) in [5.41, 5.74) is 1.78. The Morgan fingerprint density at radius 3 is 2.77 bits per heavy atom. The Morgan fingerprint density at radius 2 is 2.14 bits per heavy atom. The van der Waals surface area contributed by atoms with Gasteiger partial charge in [0, 0.05) is 29.9 Å². The second kappa shape index (κ2) is 5.98. The van der Waals surface area contributed by atoms with Gasteiger partial charge in [-0.3, -0.25) is 5.32 Å². The van der Waals surface area contributed by atoms with Gasteiger partial charge in [-0.25, -0.2) is 9.48 Å². The number of rotatable bonds is 2. The Labute approximate surface area is 133 Å². The molecule has 6 nitrogen and oxygen atoms in total. The molecule has 1 aromatic heterocycles. The third kappa shape index (κ3) is 3.08. The van der Waals surface area contributed by atoms with E-state index in [2.05, 4.69) is 10.4 Å². The van der Waals surface area contributed by atoms with Gasteiger partial charge in [0.15, 0.2) is 5.82 Å². The summed E-state index contributed by atoms with van der Waals surface area (Å²) in [6, 6.07) is 8.88. The number of benzene rings is 1. The molecule has 0 unspecified atom stereocenters. The van der Waals surface area contributed by atoms with Gasteiger partial charge in [-0.15, -0.1) is 5.10 Å². The molecule has 2 aromatic rings. The minimum Gasteiger partial charge on any atom is -0.391 e. The number of urea groups is 1. The van der Waals surface area contributed by atoms with Gasteiger partial charge in [0.1, 0.15) is 0 Å². The summed E-state index contributed by atoms with van der Waals surface area (Å²) in [6.45, 7) is 2.84. The Balaban J connectivity index is 1.75. The summed E-state index contributed by atoms with van der Waals surface area (Å²) in [5.74, 6) is 0.485. The maximum absolute atomic E-state index is 12.1. The lowest BCUT2D eigenvalue weighted by molar-refractivity contribution is 0.176. The van der Waals surface area contributed by atoms with Gasteiger partial charge in [-0.05, 0) is 37.6 Å². The lowest BCUT2D eigenvalue weighted by Crippen LogP contribution is -2.33. The van der Waals surface area contributed by atoms with E-state index in [0.717, 1.165) is 11.4 Å². The topological polar surface area (TPSA) is 70.4 Å². The van der Waals surface area contributed by atoms with Crippen molar-refractivity contribution in [1.29, 1.82) is 0 Å². The molecule has 1 atom stereocenters. The molecule has 0 saturated carbocycles. The van der Waals surface area contributed by atoms with Crippen LogP contribution in [0.2, 0.25) is 5.02 Å². The number of hydrogen-bond donors (Lipinski definition) is 2. The first-order chi connectivity index (χ1) is 10.5. The minimum absolute atomic E-state index is 0.239. The molecule has 1 aliphatic heterocycles. The number of nitrogens with one attached hydrogen (secondary N) is 1. The van der Waals surface area contributed by atoms with Crippen LogP contribution in [0.25, 0.3) is 5.69 Å². The van der Waals surface area contributed by atoms with Crippen molar-refractivity contribution in [2.75, 3.05) is 18.4 Å². The number of carbonyl (C=O) groups is 1. The molecular weight excluding hydrogens is 304 g/mol. The zero-order chi connectivity index (χ0) is 15.7. The molecule has 0 radical (unpaired) electrons. The summed E-state index contributed by atoms with van der Waals surface area (Å²) in [7, 11) is 0. The van der Waals surface area contributed by atoms with E-state index < -0.39 is 6.10 Å². The average Bonchev–Trinajstić information content (AvgIpc) is 3.06. The Morgan fingerprint density at radius 1 is 1.41 bits per heavy atom. The van der Waals surface area contributed by atoms with Gasteiger partial charge < -0.3 is 10.0 Å². The number of amides is 2. The zero-order valence-electron chi connectivity index (χ0n) is 12.2. The maximum Gasteiger partial charge on any atom is 0.323 e. The summed E-state index contributed by atoms with van der Waals surface area (Å²) in [5, 5.41) is 17.3. The lowest BCUT2D eigenvalue weighted by atomic mass is 10.3. The highest BCUT2D eigenvalue weighted by Gasteiger charge is 2.25. The molecule has 1 aromatic carbocycles. The fraction of sp³-hybridized carbons (Fsp3) is 0.333. The Bertz CT molecular complexity index is 683. The normalized spacial score (nSPS) is 17.8. The Kier molecular flexibility index (Phi) is 4.04. The Hall–Kier alpha value is -2.05. The van der Waals surface area contributed by atoms with Crippen LogP contribution in [0.4, 0.5) is 10.6 Å². The predicted molar refractivity (Wildman–Crippen MR) is 84.5 cm³/mol. The minimum atomic E-state index is -0.431. The number of aromatic nitrogens is 2. The van der Waals surface area contributed by atoms with Crippen molar-refractivity contribution in [3.8, 4) is 5.69 Å². The van der Waals surface area contributed by atoms with Crippen LogP contribution in [-0.4, -0.2) is 45.0 Å². The SMILES string of the molecule is Cc1cc(NC(=O)N2CC[C@H](O)C2)nn1-c1ccc(Cl)cc1. The average molecular weight is 321 g/mol. The molecule has 3 rings (SSSR count). The molecule has 1 saturated heterocycles. The number of aliphatic hydroxyl groups excluding tert-OH is 1. The standard InChI is InChI=1S/C15H17ClN4O2/c1-10-8-14(17-15(22)19-7-6-13(21)9-19)18-20(10)12-4-2-11(16)3-5-12/h2-5,8,13,21H,6-7,9H2,1H3,(H,17,18,22)/t13-/m0/s1. The molecule has 7 heteroatoms. The van der Waals surface area contributed by atoms with Gasteiger partial charge in [-0.1, -0.05) is 11.6 Å². The molecule has 1 fully saturated rings. The number of aryl methyl sites for hydroxylation is 1. The summed E-state index contributed by atoms with van der Waals surface area (Å²) in [6.07, 6.45) is 0.185. The van der Waals surface area contributed by atoms with Gasteiger partial charge in [0.2, 0.25) is 0 Å². The van der Waals surface area contributed by atoms with Crippen LogP contribution in [0, 0.1) is 6.92 Å². The highest BCUT2D eigenvalue weighted by molar-refractivity contribution is 6.30. The van der Waals surface area contributed by atoms with Crippen LogP contribution in [0.3, 0.4) is 0 Å². The molecule has 2 N–H and O–H groups in total. The molecule has 0 bridgehead atoms. The molecule has 2 amide bonds. The van der Waals surface area contributed by atoms with Gasteiger partial charge in [0.05, 0.1) is 11.8 Å². The van der Waals surface area contributed by atoms with Gasteiger partial charge in [0.25, 0.3) is 0 Å². The quantitative estimate of drug-likeness (QED) is 0.893. The molecule has 1 aliphatic rings. The van der Waals surface area contributed by atoms with E-state index in [-0.39, 0.29) is 6.03 Å². The van der Waals surface area contributed by atoms with E-state index >= 15 is 0 Å². The van der Waals surface area contributed by atoms with Crippen molar-refractivity contribution < 1.29 is 9.90 Å². The highest BCUT2D eigenvalue weighted by atomic mass is 35.5. The van der Waals surface area contributed by atoms with Crippen LogP contribution in [-0.2, 0) is 0 Å². The molecule has 22 heavy (non-hydrogen) atoms. The number of halogens is 1. The zero-order valence-corrected chi connectivity index (χ0v) is 12.9. The fourth-order valence-electron chi connectivity index (χ4n) is 2.49. The summed E-state index contributed by atoms with van der Waals surface area (Å²) >= 11 is 5.88. The number of aliphatic hydroxyl groups is 1. The highest BCUT2D eigenvalue weighted by Crippen LogP contribution is 2.18. The largest absolute Gasteiger partial charge is 0.391 e. The second-order valence-corrected chi connectivity index (χ2v) is 5.81. The number of likely N-dealkylation sites (tertiary alicyclic amines) is 1. The molecule has 0 aliphatic carbocycles. The summed E-state index contributed by atoms with van der Waals surface area (Å²) in [4.78, 5) is 13.7. The van der Waals surface area contributed by atoms with Crippen molar-refractivity contribution >= 4 is 23.4 Å². The van der Waals surface area contributed by atoms with Crippen LogP contribution in [0.15, 0.2) is 30.3 Å². The van der Waals surface area contributed by atoms with Crippen molar-refractivity contribution in [2.24, 2.45) is 0 Å². The van der Waals surface area contributed by atoms with E-state index in [1.165, 1.54) is 0 Å². The second-order valence-electron chi connectivity index (χ2n) is 5.38. The van der Waals surface area contributed by atoms with E-state index in [0.29, 0.717) is 30.4 Å². The number of nitrogens with zero attached hydrogens (tertiary/aromatic N) is 3. The number of hydrogen-bond acceptors (Lipinski definition) is 3. The molecule has 0 spiro atoms. The molecule has 2 heterocycles. The van der Waals surface area contributed by atoms with E-state index in [4.69, 9.17) is 11.6 Å².